The molecule has 0 aliphatic heterocycles. The fraction of sp³-hybridized carbons (Fsp3) is 0.737. The summed E-state index contributed by atoms with van der Waals surface area (Å²) in [6, 6.07) is 0. The van der Waals surface area contributed by atoms with Crippen molar-refractivity contribution in [2.24, 2.45) is 0 Å². The van der Waals surface area contributed by atoms with Crippen molar-refractivity contribution in [2.75, 3.05) is 7.11 Å². The summed E-state index contributed by atoms with van der Waals surface area (Å²) in [5.74, 6) is -0.199. The van der Waals surface area contributed by atoms with E-state index in [1.807, 2.05) is 0 Å². The second kappa shape index (κ2) is 16.7. The van der Waals surface area contributed by atoms with Crippen LogP contribution in [-0.4, -0.2) is 29.4 Å². The Morgan fingerprint density at radius 3 is 2.35 bits per heavy atom. The molecule has 1 atom stereocenters. The average molecular weight is 371 g/mol. The Morgan fingerprint density at radius 2 is 1.77 bits per heavy atom. The first kappa shape index (κ1) is 24.3. The molecule has 150 valence electrons. The molecular formula is C19H33NO6. The zero-order valence-corrected chi connectivity index (χ0v) is 16.0. The summed E-state index contributed by atoms with van der Waals surface area (Å²) in [5.41, 5.74) is 0.154. The van der Waals surface area contributed by atoms with Crippen LogP contribution in [0, 0.1) is 10.1 Å². The molecule has 7 nitrogen and oxygen atoms in total. The van der Waals surface area contributed by atoms with Gasteiger partial charge < -0.3 is 4.74 Å². The number of carbonyl (C=O) groups is 1. The second-order valence-corrected chi connectivity index (χ2v) is 6.28. The summed E-state index contributed by atoms with van der Waals surface area (Å²) < 4.78 is 4.57. The third-order valence-corrected chi connectivity index (χ3v) is 4.12. The van der Waals surface area contributed by atoms with E-state index in [9.17, 15) is 14.9 Å². The van der Waals surface area contributed by atoms with E-state index >= 15 is 0 Å². The van der Waals surface area contributed by atoms with Gasteiger partial charge in [0.25, 0.3) is 0 Å². The minimum Gasteiger partial charge on any atom is -0.469 e. The van der Waals surface area contributed by atoms with Crippen molar-refractivity contribution in [3.8, 4) is 0 Å². The van der Waals surface area contributed by atoms with Crippen molar-refractivity contribution in [3.05, 3.63) is 34.0 Å². The number of hydrogen-bond donors (Lipinski definition) is 1. The lowest BCUT2D eigenvalue weighted by Gasteiger charge is -2.07. The van der Waals surface area contributed by atoms with E-state index in [0.717, 1.165) is 51.4 Å². The molecule has 0 saturated carbocycles. The van der Waals surface area contributed by atoms with Gasteiger partial charge in [-0.2, -0.15) is 0 Å². The third-order valence-electron chi connectivity index (χ3n) is 4.12. The molecule has 0 fully saturated rings. The first-order valence-electron chi connectivity index (χ1n) is 9.43. The maximum absolute atomic E-state index is 11.1. The van der Waals surface area contributed by atoms with Gasteiger partial charge in [0.15, 0.2) is 0 Å². The van der Waals surface area contributed by atoms with Gasteiger partial charge in [0, 0.05) is 18.9 Å². The van der Waals surface area contributed by atoms with Crippen LogP contribution in [0.2, 0.25) is 0 Å². The van der Waals surface area contributed by atoms with Crippen LogP contribution >= 0.6 is 0 Å². The standard InChI is InChI=1S/C19H33NO6/c1-3-4-8-14-18(26-24)15-11-13-17(20(22)23)12-9-6-5-7-10-16-19(21)25-2/h11,13,15,18,24H,3-10,12,14,16H2,1-2H3/b15-11+,17-13+. The number of nitrogens with zero attached hydrogens (tertiary/aromatic N) is 1. The monoisotopic (exact) mass is 371 g/mol. The summed E-state index contributed by atoms with van der Waals surface area (Å²) in [4.78, 5) is 26.1. The van der Waals surface area contributed by atoms with Crippen molar-refractivity contribution >= 4 is 5.97 Å². The maximum Gasteiger partial charge on any atom is 0.305 e. The van der Waals surface area contributed by atoms with Crippen molar-refractivity contribution in [2.45, 2.75) is 83.7 Å². The predicted octanol–water partition coefficient (Wildman–Crippen LogP) is 5.05. The Bertz CT molecular complexity index is 447. The molecule has 0 saturated heterocycles. The van der Waals surface area contributed by atoms with Gasteiger partial charge in [0.2, 0.25) is 5.70 Å². The van der Waals surface area contributed by atoms with Gasteiger partial charge in [0.05, 0.1) is 12.0 Å². The smallest absolute Gasteiger partial charge is 0.305 e. The molecule has 0 bridgehead atoms. The van der Waals surface area contributed by atoms with Gasteiger partial charge in [0.1, 0.15) is 6.10 Å². The molecule has 0 aromatic carbocycles. The highest BCUT2D eigenvalue weighted by Gasteiger charge is 2.09. The van der Waals surface area contributed by atoms with Gasteiger partial charge in [-0.05, 0) is 19.3 Å². The molecule has 0 aliphatic carbocycles. The number of carbonyl (C=O) groups excluding carboxylic acids is 1. The van der Waals surface area contributed by atoms with Gasteiger partial charge in [-0.1, -0.05) is 57.6 Å². The summed E-state index contributed by atoms with van der Waals surface area (Å²) in [6.07, 6.45) is 13.1. The van der Waals surface area contributed by atoms with Crippen LogP contribution in [0.4, 0.5) is 0 Å². The molecule has 0 aromatic heterocycles. The van der Waals surface area contributed by atoms with Crippen LogP contribution in [-0.2, 0) is 14.4 Å². The highest BCUT2D eigenvalue weighted by atomic mass is 17.1. The SMILES string of the molecule is CCCCCC(/C=C/C=C(\CCCCCCCC(=O)OC)[N+](=O)[O-])OO. The Morgan fingerprint density at radius 1 is 1.12 bits per heavy atom. The van der Waals surface area contributed by atoms with Crippen molar-refractivity contribution < 1.29 is 24.6 Å². The van der Waals surface area contributed by atoms with E-state index in [1.165, 1.54) is 13.2 Å². The number of rotatable bonds is 16. The van der Waals surface area contributed by atoms with E-state index in [0.29, 0.717) is 19.3 Å². The Labute approximate surface area is 156 Å². The number of nitro groups is 1. The van der Waals surface area contributed by atoms with Gasteiger partial charge in [-0.15, -0.1) is 0 Å². The number of allylic oxidation sites excluding steroid dienone is 3. The average Bonchev–Trinajstić information content (AvgIpc) is 2.63. The molecule has 0 radical (unpaired) electrons. The maximum atomic E-state index is 11.1. The lowest BCUT2D eigenvalue weighted by atomic mass is 10.1. The van der Waals surface area contributed by atoms with Crippen LogP contribution in [0.25, 0.3) is 0 Å². The Hall–Kier alpha value is -1.73. The molecule has 0 spiro atoms. The first-order valence-corrected chi connectivity index (χ1v) is 9.43. The zero-order chi connectivity index (χ0) is 19.6. The van der Waals surface area contributed by atoms with E-state index in [2.05, 4.69) is 16.5 Å². The highest BCUT2D eigenvalue weighted by molar-refractivity contribution is 5.68. The fourth-order valence-corrected chi connectivity index (χ4v) is 2.51. The van der Waals surface area contributed by atoms with Gasteiger partial charge >= 0.3 is 5.97 Å². The van der Waals surface area contributed by atoms with Gasteiger partial charge in [-0.25, -0.2) is 4.89 Å². The molecule has 0 aliphatic rings. The molecule has 0 aromatic rings. The zero-order valence-electron chi connectivity index (χ0n) is 16.0. The highest BCUT2D eigenvalue weighted by Crippen LogP contribution is 2.13. The summed E-state index contributed by atoms with van der Waals surface area (Å²) >= 11 is 0. The molecule has 7 heteroatoms. The largest absolute Gasteiger partial charge is 0.469 e. The number of ether oxygens (including phenoxy) is 1. The van der Waals surface area contributed by atoms with E-state index in [4.69, 9.17) is 5.26 Å². The number of methoxy groups -OCH3 is 1. The number of unbranched alkanes of at least 4 members (excludes halogenated alkanes) is 6. The van der Waals surface area contributed by atoms with E-state index in [-0.39, 0.29) is 16.6 Å². The minimum atomic E-state index is -0.430. The molecule has 26 heavy (non-hydrogen) atoms. The van der Waals surface area contributed by atoms with Crippen LogP contribution in [0.3, 0.4) is 0 Å². The Balaban J connectivity index is 4.14. The summed E-state index contributed by atoms with van der Waals surface area (Å²) in [7, 11) is 1.38. The second-order valence-electron chi connectivity index (χ2n) is 6.28. The predicted molar refractivity (Wildman–Crippen MR) is 100 cm³/mol. The number of hydrogen-bond acceptors (Lipinski definition) is 6. The topological polar surface area (TPSA) is 98.9 Å². The molecular weight excluding hydrogens is 338 g/mol. The molecule has 0 rings (SSSR count). The summed E-state index contributed by atoms with van der Waals surface area (Å²) in [6.45, 7) is 2.09. The van der Waals surface area contributed by atoms with Crippen LogP contribution in [0.1, 0.15) is 77.6 Å². The summed E-state index contributed by atoms with van der Waals surface area (Å²) in [5, 5.41) is 20.0. The van der Waals surface area contributed by atoms with Crippen LogP contribution in [0.15, 0.2) is 23.9 Å². The van der Waals surface area contributed by atoms with E-state index < -0.39 is 6.10 Å². The minimum absolute atomic E-state index is 0.154. The van der Waals surface area contributed by atoms with Gasteiger partial charge in [-0.3, -0.25) is 20.2 Å². The van der Waals surface area contributed by atoms with Crippen LogP contribution < -0.4 is 0 Å². The van der Waals surface area contributed by atoms with E-state index in [1.54, 1.807) is 12.2 Å². The Kier molecular flexibility index (Phi) is 15.6. The fourth-order valence-electron chi connectivity index (χ4n) is 2.51. The lowest BCUT2D eigenvalue weighted by Crippen LogP contribution is -2.06. The molecule has 0 amide bonds. The van der Waals surface area contributed by atoms with Crippen molar-refractivity contribution in [3.63, 3.8) is 0 Å². The van der Waals surface area contributed by atoms with Crippen LogP contribution in [0.5, 0.6) is 0 Å². The quantitative estimate of drug-likeness (QED) is 0.102. The van der Waals surface area contributed by atoms with Crippen molar-refractivity contribution in [1.29, 1.82) is 0 Å². The van der Waals surface area contributed by atoms with Crippen molar-refractivity contribution in [1.82, 2.24) is 0 Å². The molecule has 0 heterocycles. The number of esters is 1. The first-order chi connectivity index (χ1) is 12.5. The molecule has 1 unspecified atom stereocenters. The third kappa shape index (κ3) is 13.5. The normalized spacial score (nSPS) is 13.1. The molecule has 1 N–H and O–H groups in total. The lowest BCUT2D eigenvalue weighted by molar-refractivity contribution is -0.428.